The van der Waals surface area contributed by atoms with Crippen LogP contribution in [-0.2, 0) is 16.1 Å². The smallest absolute Gasteiger partial charge is 0.234 e. The van der Waals surface area contributed by atoms with Crippen molar-refractivity contribution in [3.63, 3.8) is 0 Å². The van der Waals surface area contributed by atoms with Gasteiger partial charge >= 0.3 is 0 Å². The first-order valence-electron chi connectivity index (χ1n) is 7.53. The molecule has 0 radical (unpaired) electrons. The van der Waals surface area contributed by atoms with Crippen LogP contribution in [0.3, 0.4) is 0 Å². The number of nitrogens with zero attached hydrogens (tertiary/aromatic N) is 2. The van der Waals surface area contributed by atoms with Crippen LogP contribution in [0.1, 0.15) is 24.8 Å². The molecule has 2 fully saturated rings. The maximum absolute atomic E-state index is 12.2. The molecule has 5 nitrogen and oxygen atoms in total. The zero-order chi connectivity index (χ0) is 15.2. The Morgan fingerprint density at radius 2 is 2.23 bits per heavy atom. The molecule has 3 heterocycles. The summed E-state index contributed by atoms with van der Waals surface area (Å²) in [6, 6.07) is 6.37. The van der Waals surface area contributed by atoms with Gasteiger partial charge in [0.1, 0.15) is 0 Å². The second-order valence-corrected chi connectivity index (χ2v) is 7.16. The predicted octanol–water partition coefficient (Wildman–Crippen LogP) is 1.93. The molecule has 4 rings (SSSR count). The minimum absolute atomic E-state index is 0.0822. The number of piperidine rings is 1. The number of carbonyl (C=O) groups is 2. The van der Waals surface area contributed by atoms with E-state index in [1.807, 2.05) is 5.51 Å². The second-order valence-electron chi connectivity index (χ2n) is 6.27. The van der Waals surface area contributed by atoms with Crippen LogP contribution >= 0.6 is 11.3 Å². The zero-order valence-electron chi connectivity index (χ0n) is 12.2. The molecular weight excluding hydrogens is 298 g/mol. The van der Waals surface area contributed by atoms with Crippen LogP contribution in [-0.4, -0.2) is 34.8 Å². The number of imide groups is 1. The van der Waals surface area contributed by atoms with E-state index in [0.717, 1.165) is 31.6 Å². The Hall–Kier alpha value is -1.79. The Balaban J connectivity index is 1.48. The molecule has 0 aliphatic carbocycles. The number of benzene rings is 1. The highest BCUT2D eigenvalue weighted by atomic mass is 32.1. The molecule has 2 aliphatic heterocycles. The molecule has 0 saturated carbocycles. The summed E-state index contributed by atoms with van der Waals surface area (Å²) in [5, 5.41) is 2.50. The molecule has 1 unspecified atom stereocenters. The third kappa shape index (κ3) is 2.32. The summed E-state index contributed by atoms with van der Waals surface area (Å²) >= 11 is 1.65. The predicted molar refractivity (Wildman–Crippen MR) is 84.3 cm³/mol. The molecule has 2 aliphatic rings. The molecule has 114 valence electrons. The van der Waals surface area contributed by atoms with E-state index in [2.05, 4.69) is 33.4 Å². The van der Waals surface area contributed by atoms with Crippen molar-refractivity contribution < 1.29 is 9.59 Å². The lowest BCUT2D eigenvalue weighted by Crippen LogP contribution is -2.49. The fourth-order valence-corrected chi connectivity index (χ4v) is 4.19. The van der Waals surface area contributed by atoms with E-state index in [1.165, 1.54) is 10.3 Å². The van der Waals surface area contributed by atoms with E-state index in [0.29, 0.717) is 12.8 Å². The van der Waals surface area contributed by atoms with E-state index < -0.39 is 0 Å². The highest BCUT2D eigenvalue weighted by Gasteiger charge is 2.47. The highest BCUT2D eigenvalue weighted by molar-refractivity contribution is 7.16. The van der Waals surface area contributed by atoms with Crippen molar-refractivity contribution in [2.24, 2.45) is 5.41 Å². The zero-order valence-corrected chi connectivity index (χ0v) is 13.0. The molecule has 2 amide bonds. The van der Waals surface area contributed by atoms with Crippen LogP contribution < -0.4 is 5.32 Å². The van der Waals surface area contributed by atoms with Crippen LogP contribution in [0, 0.1) is 5.41 Å². The van der Waals surface area contributed by atoms with Gasteiger partial charge in [-0.15, -0.1) is 11.3 Å². The Bertz CT molecular complexity index is 757. The molecule has 2 saturated heterocycles. The lowest BCUT2D eigenvalue weighted by Gasteiger charge is -2.31. The molecule has 1 atom stereocenters. The Labute approximate surface area is 132 Å². The third-order valence-corrected chi connectivity index (χ3v) is 5.61. The van der Waals surface area contributed by atoms with Crippen LogP contribution in [0.2, 0.25) is 0 Å². The van der Waals surface area contributed by atoms with E-state index in [4.69, 9.17) is 0 Å². The molecule has 2 aromatic rings. The number of amides is 2. The average Bonchev–Trinajstić information content (AvgIpc) is 3.11. The molecule has 1 spiro atoms. The summed E-state index contributed by atoms with van der Waals surface area (Å²) < 4.78 is 1.20. The van der Waals surface area contributed by atoms with Gasteiger partial charge in [-0.05, 0) is 37.1 Å². The summed E-state index contributed by atoms with van der Waals surface area (Å²) in [4.78, 5) is 30.2. The number of likely N-dealkylation sites (tertiary alicyclic amines) is 1. The molecule has 6 heteroatoms. The molecule has 1 aromatic carbocycles. The third-order valence-electron chi connectivity index (χ3n) is 4.80. The van der Waals surface area contributed by atoms with Crippen LogP contribution in [0.25, 0.3) is 10.2 Å². The van der Waals surface area contributed by atoms with Gasteiger partial charge in [-0.3, -0.25) is 19.8 Å². The number of aromatic nitrogens is 1. The summed E-state index contributed by atoms with van der Waals surface area (Å²) in [6.07, 6.45) is 1.98. The van der Waals surface area contributed by atoms with Crippen molar-refractivity contribution in [3.8, 4) is 0 Å². The first kappa shape index (κ1) is 13.8. The van der Waals surface area contributed by atoms with Gasteiger partial charge in [0.05, 0.1) is 21.1 Å². The normalized spacial score (nSPS) is 26.0. The van der Waals surface area contributed by atoms with Gasteiger partial charge in [0.2, 0.25) is 11.8 Å². The van der Waals surface area contributed by atoms with Crippen LogP contribution in [0.5, 0.6) is 0 Å². The lowest BCUT2D eigenvalue weighted by atomic mass is 9.79. The standard InChI is InChI=1S/C16H17N3O2S/c20-14-3-4-16(15(21)18-14)5-6-19(9-16)8-11-1-2-13-12(7-11)17-10-22-13/h1-2,7,10H,3-6,8-9H2,(H,18,20,21). The number of rotatable bonds is 2. The number of thiazole rings is 1. The van der Waals surface area contributed by atoms with Gasteiger partial charge in [-0.2, -0.15) is 0 Å². The van der Waals surface area contributed by atoms with Gasteiger partial charge in [0, 0.05) is 19.5 Å². The first-order chi connectivity index (χ1) is 10.6. The summed E-state index contributed by atoms with van der Waals surface area (Å²) in [5.41, 5.74) is 3.77. The Kier molecular flexibility index (Phi) is 3.23. The van der Waals surface area contributed by atoms with Gasteiger partial charge in [-0.1, -0.05) is 6.07 Å². The van der Waals surface area contributed by atoms with Crippen molar-refractivity contribution in [2.75, 3.05) is 13.1 Å². The quantitative estimate of drug-likeness (QED) is 0.860. The largest absolute Gasteiger partial charge is 0.298 e. The minimum Gasteiger partial charge on any atom is -0.298 e. The summed E-state index contributed by atoms with van der Waals surface area (Å²) in [6.45, 7) is 2.47. The van der Waals surface area contributed by atoms with Crippen LogP contribution in [0.4, 0.5) is 0 Å². The lowest BCUT2D eigenvalue weighted by molar-refractivity contribution is -0.141. The van der Waals surface area contributed by atoms with Gasteiger partial charge in [0.15, 0.2) is 0 Å². The number of hydrogen-bond donors (Lipinski definition) is 1. The number of carbonyl (C=O) groups excluding carboxylic acids is 2. The van der Waals surface area contributed by atoms with E-state index >= 15 is 0 Å². The summed E-state index contributed by atoms with van der Waals surface area (Å²) in [5.74, 6) is -0.218. The molecule has 1 N–H and O–H groups in total. The first-order valence-corrected chi connectivity index (χ1v) is 8.41. The monoisotopic (exact) mass is 315 g/mol. The van der Waals surface area contributed by atoms with Crippen molar-refractivity contribution in [2.45, 2.75) is 25.8 Å². The fourth-order valence-electron chi connectivity index (χ4n) is 3.53. The van der Waals surface area contributed by atoms with Crippen LogP contribution in [0.15, 0.2) is 23.7 Å². The van der Waals surface area contributed by atoms with Crippen molar-refractivity contribution >= 4 is 33.4 Å². The van der Waals surface area contributed by atoms with E-state index in [9.17, 15) is 9.59 Å². The van der Waals surface area contributed by atoms with E-state index in [-0.39, 0.29) is 17.2 Å². The topological polar surface area (TPSA) is 62.3 Å². The maximum atomic E-state index is 12.2. The average molecular weight is 315 g/mol. The van der Waals surface area contributed by atoms with Crippen molar-refractivity contribution in [3.05, 3.63) is 29.3 Å². The number of hydrogen-bond acceptors (Lipinski definition) is 5. The van der Waals surface area contributed by atoms with Crippen molar-refractivity contribution in [1.29, 1.82) is 0 Å². The maximum Gasteiger partial charge on any atom is 0.234 e. The number of fused-ring (bicyclic) bond motifs is 1. The van der Waals surface area contributed by atoms with Gasteiger partial charge < -0.3 is 0 Å². The van der Waals surface area contributed by atoms with Gasteiger partial charge in [0.25, 0.3) is 0 Å². The summed E-state index contributed by atoms with van der Waals surface area (Å²) in [7, 11) is 0. The minimum atomic E-state index is -0.362. The molecule has 1 aromatic heterocycles. The SMILES string of the molecule is O=C1CCC2(CCN(Cc3ccc4scnc4c3)C2)C(=O)N1. The Morgan fingerprint density at radius 1 is 1.32 bits per heavy atom. The second kappa shape index (κ2) is 5.14. The Morgan fingerprint density at radius 3 is 3.09 bits per heavy atom. The number of nitrogens with one attached hydrogen (secondary N) is 1. The molecule has 0 bridgehead atoms. The van der Waals surface area contributed by atoms with Crippen molar-refractivity contribution in [1.82, 2.24) is 15.2 Å². The molecular formula is C16H17N3O2S. The molecule has 22 heavy (non-hydrogen) atoms. The van der Waals surface area contributed by atoms with E-state index in [1.54, 1.807) is 11.3 Å². The van der Waals surface area contributed by atoms with Gasteiger partial charge in [-0.25, -0.2) is 4.98 Å². The fraction of sp³-hybridized carbons (Fsp3) is 0.438. The highest BCUT2D eigenvalue weighted by Crippen LogP contribution is 2.38.